The lowest BCUT2D eigenvalue weighted by molar-refractivity contribution is -0.146. The number of carbonyl (C=O) groups excluding carboxylic acids is 1. The van der Waals surface area contributed by atoms with E-state index in [1.807, 2.05) is 6.92 Å². The van der Waals surface area contributed by atoms with Gasteiger partial charge in [0.2, 0.25) is 0 Å². The molecule has 0 aromatic heterocycles. The van der Waals surface area contributed by atoms with E-state index in [1.165, 1.54) is 0 Å². The summed E-state index contributed by atoms with van der Waals surface area (Å²) < 4.78 is 5.47. The van der Waals surface area contributed by atoms with Crippen molar-refractivity contribution in [1.82, 2.24) is 10.6 Å². The van der Waals surface area contributed by atoms with Crippen molar-refractivity contribution in [3.63, 3.8) is 0 Å². The van der Waals surface area contributed by atoms with Crippen LogP contribution in [0.2, 0.25) is 0 Å². The van der Waals surface area contributed by atoms with Crippen LogP contribution in [0.15, 0.2) is 0 Å². The molecular formula is C10H18N2O5. The summed E-state index contributed by atoms with van der Waals surface area (Å²) in [5, 5.41) is 22.2. The van der Waals surface area contributed by atoms with E-state index in [2.05, 4.69) is 10.6 Å². The molecule has 0 aromatic rings. The van der Waals surface area contributed by atoms with E-state index in [9.17, 15) is 9.59 Å². The lowest BCUT2D eigenvalue weighted by Crippen LogP contribution is -2.47. The van der Waals surface area contributed by atoms with Gasteiger partial charge in [0, 0.05) is 13.2 Å². The Morgan fingerprint density at radius 3 is 2.71 bits per heavy atom. The van der Waals surface area contributed by atoms with Gasteiger partial charge in [-0.1, -0.05) is 0 Å². The Hall–Kier alpha value is -1.34. The zero-order valence-electron chi connectivity index (χ0n) is 9.73. The number of carboxylic acid groups (broad SMARTS) is 1. The monoisotopic (exact) mass is 246 g/mol. The first-order valence-electron chi connectivity index (χ1n) is 5.49. The minimum atomic E-state index is -1.58. The number of aliphatic hydroxyl groups excluding tert-OH is 1. The summed E-state index contributed by atoms with van der Waals surface area (Å²) >= 11 is 0. The lowest BCUT2D eigenvalue weighted by atomic mass is 10.0. The molecule has 1 unspecified atom stereocenters. The Labute approximate surface area is 99.1 Å². The van der Waals surface area contributed by atoms with Crippen LogP contribution >= 0.6 is 0 Å². The van der Waals surface area contributed by atoms with Crippen LogP contribution in [0.25, 0.3) is 0 Å². The topological polar surface area (TPSA) is 108 Å². The lowest BCUT2D eigenvalue weighted by Gasteiger charge is -2.23. The van der Waals surface area contributed by atoms with Crippen LogP contribution in [-0.2, 0) is 9.53 Å². The summed E-state index contributed by atoms with van der Waals surface area (Å²) in [7, 11) is 0. The molecule has 1 aliphatic rings. The third-order valence-corrected chi connectivity index (χ3v) is 2.66. The van der Waals surface area contributed by atoms with Crippen molar-refractivity contribution in [2.45, 2.75) is 31.5 Å². The van der Waals surface area contributed by atoms with Crippen molar-refractivity contribution in [2.24, 2.45) is 0 Å². The fraction of sp³-hybridized carbons (Fsp3) is 0.800. The number of ether oxygens (including phenoxy) is 1. The molecule has 0 spiro atoms. The van der Waals surface area contributed by atoms with E-state index >= 15 is 0 Å². The molecule has 1 aliphatic heterocycles. The predicted octanol–water partition coefficient (Wildman–Crippen LogP) is -0.700. The van der Waals surface area contributed by atoms with E-state index in [4.69, 9.17) is 14.9 Å². The zero-order valence-corrected chi connectivity index (χ0v) is 9.73. The highest BCUT2D eigenvalue weighted by Crippen LogP contribution is 2.23. The fourth-order valence-corrected chi connectivity index (χ4v) is 1.58. The molecule has 1 rings (SSSR count). The highest BCUT2D eigenvalue weighted by molar-refractivity contribution is 5.76. The molecule has 1 heterocycles. The maximum Gasteiger partial charge on any atom is 0.334 e. The Morgan fingerprint density at radius 1 is 1.47 bits per heavy atom. The second-order valence-electron chi connectivity index (χ2n) is 4.32. The smallest absolute Gasteiger partial charge is 0.334 e. The Bertz CT molecular complexity index is 288. The molecule has 4 N–H and O–H groups in total. The van der Waals surface area contributed by atoms with Crippen molar-refractivity contribution in [3.05, 3.63) is 0 Å². The van der Waals surface area contributed by atoms with Crippen LogP contribution in [-0.4, -0.2) is 53.6 Å². The average molecular weight is 246 g/mol. The molecule has 98 valence electrons. The number of nitrogens with one attached hydrogen (secondary N) is 2. The summed E-state index contributed by atoms with van der Waals surface area (Å²) in [5.74, 6) is -1.36. The second kappa shape index (κ2) is 5.83. The van der Waals surface area contributed by atoms with Crippen molar-refractivity contribution in [1.29, 1.82) is 0 Å². The summed E-state index contributed by atoms with van der Waals surface area (Å²) in [4.78, 5) is 21.6. The maximum absolute atomic E-state index is 11.3. The number of carboxylic acids is 1. The molecule has 0 aromatic carbocycles. The van der Waals surface area contributed by atoms with Crippen molar-refractivity contribution in [3.8, 4) is 0 Å². The molecule has 7 nitrogen and oxygen atoms in total. The molecule has 1 saturated heterocycles. The SMILES string of the molecule is CC1(CNC(=O)NC[C@H](O)C(=O)O)CCCO1. The molecule has 2 amide bonds. The first-order valence-corrected chi connectivity index (χ1v) is 5.49. The summed E-state index contributed by atoms with van der Waals surface area (Å²) in [6.45, 7) is 2.64. The first kappa shape index (κ1) is 13.7. The molecule has 7 heteroatoms. The van der Waals surface area contributed by atoms with Gasteiger partial charge >= 0.3 is 12.0 Å². The number of urea groups is 1. The number of amides is 2. The summed E-state index contributed by atoms with van der Waals surface area (Å²) in [6.07, 6.45) is 0.266. The van der Waals surface area contributed by atoms with Gasteiger partial charge in [0.15, 0.2) is 6.10 Å². The van der Waals surface area contributed by atoms with Crippen molar-refractivity contribution < 1.29 is 24.5 Å². The number of aliphatic carboxylic acids is 1. The molecule has 1 fully saturated rings. The molecular weight excluding hydrogens is 228 g/mol. The van der Waals surface area contributed by atoms with Crippen LogP contribution in [0.3, 0.4) is 0 Å². The summed E-state index contributed by atoms with van der Waals surface area (Å²) in [5.41, 5.74) is -0.344. The van der Waals surface area contributed by atoms with Crippen LogP contribution in [0.4, 0.5) is 4.79 Å². The molecule has 17 heavy (non-hydrogen) atoms. The number of carbonyl (C=O) groups is 2. The maximum atomic E-state index is 11.3. The number of hydrogen-bond acceptors (Lipinski definition) is 4. The normalized spacial score (nSPS) is 25.3. The molecule has 0 radical (unpaired) electrons. The Morgan fingerprint density at radius 2 is 2.18 bits per heavy atom. The minimum absolute atomic E-state index is 0.321. The van der Waals surface area contributed by atoms with Crippen molar-refractivity contribution in [2.75, 3.05) is 19.7 Å². The average Bonchev–Trinajstić information content (AvgIpc) is 2.70. The van der Waals surface area contributed by atoms with Crippen LogP contribution in [0.1, 0.15) is 19.8 Å². The predicted molar refractivity (Wildman–Crippen MR) is 58.6 cm³/mol. The fourth-order valence-electron chi connectivity index (χ4n) is 1.58. The summed E-state index contributed by atoms with van der Waals surface area (Å²) in [6, 6.07) is -0.512. The molecule has 0 saturated carbocycles. The first-order chi connectivity index (χ1) is 7.93. The number of hydrogen-bond donors (Lipinski definition) is 4. The van der Waals surface area contributed by atoms with Gasteiger partial charge in [-0.2, -0.15) is 0 Å². The van der Waals surface area contributed by atoms with Crippen LogP contribution in [0, 0.1) is 0 Å². The quantitative estimate of drug-likeness (QED) is 0.513. The van der Waals surface area contributed by atoms with Gasteiger partial charge in [-0.05, 0) is 19.8 Å². The molecule has 0 bridgehead atoms. The van der Waals surface area contributed by atoms with Gasteiger partial charge in [0.25, 0.3) is 0 Å². The number of rotatable bonds is 5. The standard InChI is InChI=1S/C10H18N2O5/c1-10(3-2-4-17-10)6-12-9(16)11-5-7(13)8(14)15/h7,13H,2-6H2,1H3,(H,14,15)(H2,11,12,16)/t7-,10?/m0/s1. The van der Waals surface area contributed by atoms with Crippen LogP contribution in [0.5, 0.6) is 0 Å². The highest BCUT2D eigenvalue weighted by atomic mass is 16.5. The molecule has 2 atom stereocenters. The Balaban J connectivity index is 2.19. The van der Waals surface area contributed by atoms with Gasteiger partial charge in [-0.3, -0.25) is 0 Å². The van der Waals surface area contributed by atoms with Crippen LogP contribution < -0.4 is 10.6 Å². The van der Waals surface area contributed by atoms with Gasteiger partial charge in [-0.25, -0.2) is 9.59 Å². The minimum Gasteiger partial charge on any atom is -0.479 e. The van der Waals surface area contributed by atoms with Gasteiger partial charge in [-0.15, -0.1) is 0 Å². The van der Waals surface area contributed by atoms with Gasteiger partial charge in [0.1, 0.15) is 0 Å². The van der Waals surface area contributed by atoms with E-state index in [0.29, 0.717) is 13.2 Å². The van der Waals surface area contributed by atoms with Gasteiger partial charge < -0.3 is 25.6 Å². The molecule has 0 aliphatic carbocycles. The Kier molecular flexibility index (Phi) is 4.71. The third kappa shape index (κ3) is 4.58. The largest absolute Gasteiger partial charge is 0.479 e. The number of aliphatic hydroxyl groups is 1. The third-order valence-electron chi connectivity index (χ3n) is 2.66. The van der Waals surface area contributed by atoms with Crippen molar-refractivity contribution >= 4 is 12.0 Å². The van der Waals surface area contributed by atoms with E-state index in [0.717, 1.165) is 12.8 Å². The highest BCUT2D eigenvalue weighted by Gasteiger charge is 2.30. The van der Waals surface area contributed by atoms with E-state index in [1.54, 1.807) is 0 Å². The van der Waals surface area contributed by atoms with E-state index in [-0.39, 0.29) is 12.1 Å². The van der Waals surface area contributed by atoms with E-state index < -0.39 is 18.1 Å². The second-order valence-corrected chi connectivity index (χ2v) is 4.32. The van der Waals surface area contributed by atoms with Gasteiger partial charge in [0.05, 0.1) is 12.1 Å². The zero-order chi connectivity index (χ0) is 12.9.